The van der Waals surface area contributed by atoms with Gasteiger partial charge in [0.2, 0.25) is 29.5 Å². The number of halogens is 1. The number of carbonyl (C=O) groups is 6. The maximum absolute atomic E-state index is 14.6. The molecule has 2 saturated heterocycles. The molecule has 2 aliphatic carbocycles. The zero-order valence-corrected chi connectivity index (χ0v) is 39.1. The number of anilines is 2. The fraction of sp³-hybridized carbons (Fsp3) is 0.529. The molecule has 9 rings (SSSR count). The van der Waals surface area contributed by atoms with E-state index >= 15 is 0 Å². The maximum Gasteiger partial charge on any atom is 0.255 e. The van der Waals surface area contributed by atoms with Crippen LogP contribution in [0.2, 0.25) is 5.02 Å². The van der Waals surface area contributed by atoms with Crippen LogP contribution in [0.4, 0.5) is 11.4 Å². The number of ether oxygens (including phenoxy) is 3. The Labute approximate surface area is 401 Å². The third kappa shape index (κ3) is 9.49. The molecule has 0 radical (unpaired) electrons. The van der Waals surface area contributed by atoms with Gasteiger partial charge >= 0.3 is 0 Å². The van der Waals surface area contributed by atoms with E-state index in [2.05, 4.69) is 31.9 Å². The number of nitrogens with zero attached hydrogens (tertiary/aromatic N) is 1. The second-order valence-corrected chi connectivity index (χ2v) is 19.4. The van der Waals surface area contributed by atoms with Crippen LogP contribution >= 0.6 is 11.6 Å². The monoisotopic (exact) mass is 951 g/mol. The van der Waals surface area contributed by atoms with Crippen LogP contribution in [0.3, 0.4) is 0 Å². The van der Waals surface area contributed by atoms with Crippen molar-refractivity contribution in [2.75, 3.05) is 63.4 Å². The molecular weight excluding hydrogens is 890 g/mol. The molecule has 0 bridgehead atoms. The quantitative estimate of drug-likeness (QED) is 0.0762. The van der Waals surface area contributed by atoms with E-state index in [1.54, 1.807) is 12.1 Å². The summed E-state index contributed by atoms with van der Waals surface area (Å²) < 4.78 is 17.0. The normalized spacial score (nSPS) is 26.1. The largest absolute Gasteiger partial charge is 0.382 e. The van der Waals surface area contributed by atoms with E-state index in [-0.39, 0.29) is 47.9 Å². The minimum atomic E-state index is -0.996. The number of nitrogens with one attached hydrogen (secondary N) is 6. The lowest BCUT2D eigenvalue weighted by Gasteiger charge is -2.47. The van der Waals surface area contributed by atoms with Gasteiger partial charge in [-0.3, -0.25) is 39.4 Å². The van der Waals surface area contributed by atoms with Crippen LogP contribution in [0.1, 0.15) is 104 Å². The minimum Gasteiger partial charge on any atom is -0.382 e. The van der Waals surface area contributed by atoms with E-state index in [1.165, 1.54) is 4.90 Å². The van der Waals surface area contributed by atoms with Crippen LogP contribution in [-0.4, -0.2) is 117 Å². The lowest BCUT2D eigenvalue weighted by Crippen LogP contribution is -2.60. The van der Waals surface area contributed by atoms with Crippen LogP contribution in [-0.2, 0) is 50.1 Å². The van der Waals surface area contributed by atoms with Gasteiger partial charge in [0.25, 0.3) is 5.91 Å². The van der Waals surface area contributed by atoms with Gasteiger partial charge in [0.05, 0.1) is 45.7 Å². The molecule has 4 atom stereocenters. The first-order valence-corrected chi connectivity index (χ1v) is 24.7. The summed E-state index contributed by atoms with van der Waals surface area (Å²) in [5.41, 5.74) is 3.15. The number of amides is 6. The van der Waals surface area contributed by atoms with Crippen molar-refractivity contribution in [3.8, 4) is 0 Å². The van der Waals surface area contributed by atoms with Gasteiger partial charge < -0.3 is 40.4 Å². The average molecular weight is 953 g/mol. The lowest BCUT2D eigenvalue weighted by atomic mass is 9.55. The van der Waals surface area contributed by atoms with Crippen molar-refractivity contribution >= 4 is 58.4 Å². The fourth-order valence-corrected chi connectivity index (χ4v) is 12.1. The maximum atomic E-state index is 14.6. The molecule has 6 aliphatic rings. The number of hydrogen-bond acceptors (Lipinski definition) is 11. The van der Waals surface area contributed by atoms with Crippen molar-refractivity contribution in [2.45, 2.75) is 112 Å². The lowest BCUT2D eigenvalue weighted by molar-refractivity contribution is -0.137. The van der Waals surface area contributed by atoms with Crippen molar-refractivity contribution in [3.05, 3.63) is 94.0 Å². The number of piperidine rings is 1. The summed E-state index contributed by atoms with van der Waals surface area (Å²) in [4.78, 5) is 80.9. The molecule has 3 aromatic carbocycles. The number of rotatable bonds is 18. The van der Waals surface area contributed by atoms with Gasteiger partial charge in [0, 0.05) is 77.0 Å². The molecule has 2 saturated carbocycles. The third-order valence-corrected chi connectivity index (χ3v) is 15.3. The fourth-order valence-electron chi connectivity index (χ4n) is 11.9. The third-order valence-electron chi connectivity index (χ3n) is 15.0. The molecule has 6 amide bonds. The molecule has 0 aromatic heterocycles. The Morgan fingerprint density at radius 3 is 2.22 bits per heavy atom. The summed E-state index contributed by atoms with van der Waals surface area (Å²) in [5, 5.41) is 19.6. The highest BCUT2D eigenvalue weighted by Gasteiger charge is 2.72. The summed E-state index contributed by atoms with van der Waals surface area (Å²) in [6, 6.07) is 19.7. The molecule has 16 nitrogen and oxygen atoms in total. The van der Waals surface area contributed by atoms with Gasteiger partial charge in [-0.1, -0.05) is 73.3 Å². The molecule has 4 heterocycles. The van der Waals surface area contributed by atoms with E-state index in [0.29, 0.717) is 108 Å². The van der Waals surface area contributed by atoms with Crippen LogP contribution < -0.4 is 31.9 Å². The van der Waals surface area contributed by atoms with Crippen LogP contribution in [0, 0.1) is 5.92 Å². The zero-order chi connectivity index (χ0) is 47.3. The zero-order valence-electron chi connectivity index (χ0n) is 38.4. The number of hydrogen-bond donors (Lipinski definition) is 6. The first-order chi connectivity index (χ1) is 33.1. The van der Waals surface area contributed by atoms with Gasteiger partial charge in [-0.05, 0) is 80.3 Å². The first-order valence-electron chi connectivity index (χ1n) is 24.4. The predicted molar refractivity (Wildman–Crippen MR) is 254 cm³/mol. The standard InChI is InChI=1S/C51H62ClN7O9/c52-34-14-17-38-40(30-34)56-49(65)51(38)43(32-8-3-1-4-9-32)44(58-50(51)20-5-2-6-21-50)47(63)55-35-15-12-33(13-16-35)45(61)54-23-25-67-27-29-68-28-26-66-24-22-53-39-11-7-10-36-37(39)31-59(48(36)64)41-18-19-42(60)57-46(41)62/h1,3-4,7-11,14,17,30,33,35,41,43-44,53,58H,2,5-6,12-13,15-16,18-29,31H2,(H,54,61)(H,55,63)(H,56,65)(H,57,60,62)/t33-,35-,41?,43-,44+,51+/m0/s1. The van der Waals surface area contributed by atoms with Crippen molar-refractivity contribution in [1.29, 1.82) is 0 Å². The highest BCUT2D eigenvalue weighted by molar-refractivity contribution is 6.31. The average Bonchev–Trinajstić information content (AvgIpc) is 3.94. The Bertz CT molecular complexity index is 2370. The summed E-state index contributed by atoms with van der Waals surface area (Å²) in [6.07, 6.45) is 7.81. The minimum absolute atomic E-state index is 0.00519. The first kappa shape index (κ1) is 47.7. The molecular formula is C51H62ClN7O9. The van der Waals surface area contributed by atoms with Crippen molar-refractivity contribution in [3.63, 3.8) is 0 Å². The molecule has 2 spiro atoms. The topological polar surface area (TPSA) is 206 Å². The summed E-state index contributed by atoms with van der Waals surface area (Å²) >= 11 is 6.44. The van der Waals surface area contributed by atoms with E-state index in [1.807, 2.05) is 54.6 Å². The molecule has 1 unspecified atom stereocenters. The highest BCUT2D eigenvalue weighted by Crippen LogP contribution is 2.62. The number of fused-ring (bicyclic) bond motifs is 4. The van der Waals surface area contributed by atoms with E-state index in [9.17, 15) is 28.8 Å². The Morgan fingerprint density at radius 1 is 0.765 bits per heavy atom. The smallest absolute Gasteiger partial charge is 0.255 e. The predicted octanol–water partition coefficient (Wildman–Crippen LogP) is 4.70. The molecule has 362 valence electrons. The molecule has 3 aromatic rings. The molecule has 6 N–H and O–H groups in total. The molecule has 4 fully saturated rings. The van der Waals surface area contributed by atoms with Crippen LogP contribution in [0.15, 0.2) is 66.7 Å². The summed E-state index contributed by atoms with van der Waals surface area (Å²) in [6.45, 7) is 3.54. The Balaban J connectivity index is 0.659. The SMILES string of the molecule is O=C1CCC(N2Cc3c(NCCOCCOCCOCCNC(=O)[C@H]4CC[C@H](NC(=O)[C@@H]5NC6(CCCCC6)[C@@]6(C(=O)Nc7cc(Cl)ccc76)[C@H]5c5ccccc5)CC4)cccc3C2=O)C(=O)N1. The summed E-state index contributed by atoms with van der Waals surface area (Å²) in [5.74, 6) is -1.75. The van der Waals surface area contributed by atoms with Gasteiger partial charge in [0.1, 0.15) is 11.5 Å². The number of benzene rings is 3. The molecule has 68 heavy (non-hydrogen) atoms. The van der Waals surface area contributed by atoms with Crippen molar-refractivity contribution in [2.24, 2.45) is 5.92 Å². The van der Waals surface area contributed by atoms with Crippen molar-refractivity contribution < 1.29 is 43.0 Å². The highest BCUT2D eigenvalue weighted by atomic mass is 35.5. The van der Waals surface area contributed by atoms with Crippen LogP contribution in [0.5, 0.6) is 0 Å². The molecule has 4 aliphatic heterocycles. The van der Waals surface area contributed by atoms with Crippen LogP contribution in [0.25, 0.3) is 0 Å². The second-order valence-electron chi connectivity index (χ2n) is 18.9. The van der Waals surface area contributed by atoms with Gasteiger partial charge in [-0.25, -0.2) is 0 Å². The number of imide groups is 1. The van der Waals surface area contributed by atoms with Gasteiger partial charge in [-0.15, -0.1) is 0 Å². The Morgan fingerprint density at radius 2 is 1.49 bits per heavy atom. The Hall–Kier alpha value is -5.39. The van der Waals surface area contributed by atoms with E-state index in [0.717, 1.165) is 54.5 Å². The number of carbonyl (C=O) groups excluding carboxylic acids is 6. The second kappa shape index (κ2) is 21.1. The molecule has 17 heteroatoms. The van der Waals surface area contributed by atoms with E-state index < -0.39 is 34.9 Å². The van der Waals surface area contributed by atoms with E-state index in [4.69, 9.17) is 25.8 Å². The van der Waals surface area contributed by atoms with Gasteiger partial charge in [-0.2, -0.15) is 0 Å². The summed E-state index contributed by atoms with van der Waals surface area (Å²) in [7, 11) is 0. The van der Waals surface area contributed by atoms with Gasteiger partial charge in [0.15, 0.2) is 0 Å². The Kier molecular flexibility index (Phi) is 14.8. The van der Waals surface area contributed by atoms with Crippen molar-refractivity contribution in [1.82, 2.24) is 26.2 Å².